The first kappa shape index (κ1) is 25.1. The zero-order valence-electron chi connectivity index (χ0n) is 20.1. The third-order valence-electron chi connectivity index (χ3n) is 5.95. The van der Waals surface area contributed by atoms with E-state index in [-0.39, 0.29) is 0 Å². The van der Waals surface area contributed by atoms with Crippen molar-refractivity contribution in [2.24, 2.45) is 0 Å². The van der Waals surface area contributed by atoms with Crippen molar-refractivity contribution < 1.29 is 28.8 Å². The molecule has 0 fully saturated rings. The van der Waals surface area contributed by atoms with Crippen molar-refractivity contribution in [2.45, 2.75) is 13.2 Å². The molecule has 0 amide bonds. The van der Waals surface area contributed by atoms with Crippen LogP contribution in [-0.4, -0.2) is 24.3 Å². The topological polar surface area (TPSA) is 125 Å². The zero-order chi connectivity index (χ0) is 26.5. The SMILES string of the molecule is N#Cc1cccc(Oc2ccc3c(c2)COB3O)c1.N#Cc1cccc(Oc2ccc3c(c2)COB3O)c1. The van der Waals surface area contributed by atoms with Gasteiger partial charge in [-0.05, 0) is 82.7 Å². The zero-order valence-corrected chi connectivity index (χ0v) is 20.1. The summed E-state index contributed by atoms with van der Waals surface area (Å²) < 4.78 is 21.6. The summed E-state index contributed by atoms with van der Waals surface area (Å²) >= 11 is 0. The Hall–Kier alpha value is -4.57. The van der Waals surface area contributed by atoms with Crippen LogP contribution in [-0.2, 0) is 22.5 Å². The molecule has 2 N–H and O–H groups in total. The van der Waals surface area contributed by atoms with Gasteiger partial charge in [0.05, 0.1) is 36.5 Å². The van der Waals surface area contributed by atoms with Crippen molar-refractivity contribution in [2.75, 3.05) is 0 Å². The lowest BCUT2D eigenvalue weighted by Gasteiger charge is -2.07. The van der Waals surface area contributed by atoms with Gasteiger partial charge in [0.2, 0.25) is 0 Å². The lowest BCUT2D eigenvalue weighted by atomic mass is 9.80. The fraction of sp³-hybridized carbons (Fsp3) is 0.0714. The van der Waals surface area contributed by atoms with Gasteiger partial charge in [0.15, 0.2) is 0 Å². The molecular weight excluding hydrogens is 482 g/mol. The van der Waals surface area contributed by atoms with Crippen molar-refractivity contribution in [1.29, 1.82) is 10.5 Å². The van der Waals surface area contributed by atoms with Gasteiger partial charge in [-0.3, -0.25) is 0 Å². The van der Waals surface area contributed by atoms with Crippen molar-refractivity contribution in [1.82, 2.24) is 0 Å². The molecule has 0 unspecified atom stereocenters. The van der Waals surface area contributed by atoms with Crippen LogP contribution in [0, 0.1) is 22.7 Å². The number of nitrogens with zero attached hydrogens (tertiary/aromatic N) is 2. The molecule has 38 heavy (non-hydrogen) atoms. The number of fused-ring (bicyclic) bond motifs is 2. The van der Waals surface area contributed by atoms with Gasteiger partial charge in [0.25, 0.3) is 0 Å². The molecule has 10 heteroatoms. The molecule has 184 valence electrons. The van der Waals surface area contributed by atoms with Crippen LogP contribution < -0.4 is 20.4 Å². The van der Waals surface area contributed by atoms with E-state index in [9.17, 15) is 10.0 Å². The maximum absolute atomic E-state index is 9.53. The quantitative estimate of drug-likeness (QED) is 0.408. The van der Waals surface area contributed by atoms with Gasteiger partial charge in [-0.2, -0.15) is 10.5 Å². The van der Waals surface area contributed by atoms with E-state index < -0.39 is 14.2 Å². The van der Waals surface area contributed by atoms with E-state index in [2.05, 4.69) is 12.1 Å². The Labute approximate surface area is 220 Å². The smallest absolute Gasteiger partial charge is 0.457 e. The summed E-state index contributed by atoms with van der Waals surface area (Å²) in [6.07, 6.45) is 0. The predicted molar refractivity (Wildman–Crippen MR) is 140 cm³/mol. The Morgan fingerprint density at radius 3 is 1.45 bits per heavy atom. The first-order chi connectivity index (χ1) is 18.5. The number of nitriles is 2. The standard InChI is InChI=1S/2C14H10BNO3/c2*16-8-10-2-1-3-12(6-10)19-13-4-5-14-11(7-13)9-18-15(14)17/h2*1-7,17H,9H2. The van der Waals surface area contributed by atoms with Crippen LogP contribution in [0.3, 0.4) is 0 Å². The summed E-state index contributed by atoms with van der Waals surface area (Å²) in [6.45, 7) is 0.762. The molecule has 0 saturated carbocycles. The first-order valence-electron chi connectivity index (χ1n) is 11.7. The Kier molecular flexibility index (Phi) is 7.41. The number of benzene rings is 4. The average Bonchev–Trinajstić information content (AvgIpc) is 3.50. The van der Waals surface area contributed by atoms with Crippen LogP contribution in [0.2, 0.25) is 0 Å². The highest BCUT2D eigenvalue weighted by molar-refractivity contribution is 6.62. The minimum Gasteiger partial charge on any atom is -0.457 e. The van der Waals surface area contributed by atoms with Crippen molar-refractivity contribution in [3.05, 3.63) is 107 Å². The van der Waals surface area contributed by atoms with Crippen LogP contribution in [0.1, 0.15) is 22.3 Å². The van der Waals surface area contributed by atoms with Crippen molar-refractivity contribution in [3.63, 3.8) is 0 Å². The molecule has 6 rings (SSSR count). The molecule has 2 aliphatic rings. The third-order valence-corrected chi connectivity index (χ3v) is 5.95. The number of hydrogen-bond acceptors (Lipinski definition) is 8. The summed E-state index contributed by atoms with van der Waals surface area (Å²) in [5.41, 5.74) is 4.49. The van der Waals surface area contributed by atoms with Crippen molar-refractivity contribution in [3.8, 4) is 35.1 Å². The number of hydrogen-bond donors (Lipinski definition) is 2. The Balaban J connectivity index is 0.000000155. The van der Waals surface area contributed by atoms with Gasteiger partial charge in [-0.15, -0.1) is 0 Å². The minimum absolute atomic E-state index is 0.381. The van der Waals surface area contributed by atoms with E-state index in [1.807, 2.05) is 12.1 Å². The van der Waals surface area contributed by atoms with Crippen LogP contribution >= 0.6 is 0 Å². The minimum atomic E-state index is -0.842. The van der Waals surface area contributed by atoms with E-state index >= 15 is 0 Å². The Morgan fingerprint density at radius 1 is 0.605 bits per heavy atom. The second-order valence-electron chi connectivity index (χ2n) is 8.53. The normalized spacial score (nSPS) is 12.9. The van der Waals surface area contributed by atoms with E-state index in [4.69, 9.17) is 29.3 Å². The largest absolute Gasteiger partial charge is 0.491 e. The van der Waals surface area contributed by atoms with Crippen LogP contribution in [0.5, 0.6) is 23.0 Å². The van der Waals surface area contributed by atoms with Crippen LogP contribution in [0.4, 0.5) is 0 Å². The van der Waals surface area contributed by atoms with Gasteiger partial charge < -0.3 is 28.8 Å². The highest BCUT2D eigenvalue weighted by Gasteiger charge is 2.28. The maximum atomic E-state index is 9.53. The van der Waals surface area contributed by atoms with E-state index in [0.29, 0.717) is 47.3 Å². The van der Waals surface area contributed by atoms with E-state index in [0.717, 1.165) is 22.1 Å². The fourth-order valence-corrected chi connectivity index (χ4v) is 4.07. The highest BCUT2D eigenvalue weighted by Crippen LogP contribution is 2.25. The molecule has 2 heterocycles. The second kappa shape index (κ2) is 11.2. The van der Waals surface area contributed by atoms with Crippen LogP contribution in [0.15, 0.2) is 84.9 Å². The van der Waals surface area contributed by atoms with E-state index in [1.165, 1.54) is 0 Å². The van der Waals surface area contributed by atoms with Gasteiger partial charge >= 0.3 is 14.2 Å². The summed E-state index contributed by atoms with van der Waals surface area (Å²) in [6, 6.07) is 28.9. The van der Waals surface area contributed by atoms with Gasteiger partial charge in [0, 0.05) is 0 Å². The molecule has 4 aromatic carbocycles. The molecule has 0 bridgehead atoms. The molecule has 0 aromatic heterocycles. The average molecular weight is 502 g/mol. The Morgan fingerprint density at radius 2 is 1.03 bits per heavy atom. The highest BCUT2D eigenvalue weighted by atomic mass is 16.5. The lowest BCUT2D eigenvalue weighted by molar-refractivity contribution is 0.274. The molecule has 4 aromatic rings. The van der Waals surface area contributed by atoms with Gasteiger partial charge in [-0.1, -0.05) is 24.3 Å². The van der Waals surface area contributed by atoms with Gasteiger partial charge in [0.1, 0.15) is 23.0 Å². The summed E-state index contributed by atoms with van der Waals surface area (Å²) in [7, 11) is -1.68. The molecule has 0 radical (unpaired) electrons. The molecule has 0 aliphatic carbocycles. The van der Waals surface area contributed by atoms with Crippen LogP contribution in [0.25, 0.3) is 0 Å². The second-order valence-corrected chi connectivity index (χ2v) is 8.53. The van der Waals surface area contributed by atoms with Crippen molar-refractivity contribution >= 4 is 25.2 Å². The molecular formula is C28H20B2N2O6. The summed E-state index contributed by atoms with van der Waals surface area (Å²) in [5, 5.41) is 36.7. The molecule has 8 nitrogen and oxygen atoms in total. The Bertz CT molecular complexity index is 1450. The summed E-state index contributed by atoms with van der Waals surface area (Å²) in [4.78, 5) is 0. The fourth-order valence-electron chi connectivity index (χ4n) is 4.07. The molecule has 0 spiro atoms. The molecule has 2 aliphatic heterocycles. The lowest BCUT2D eigenvalue weighted by Crippen LogP contribution is -2.27. The molecule has 0 saturated heterocycles. The first-order valence-corrected chi connectivity index (χ1v) is 11.7. The van der Waals surface area contributed by atoms with E-state index in [1.54, 1.807) is 72.8 Å². The number of rotatable bonds is 4. The third kappa shape index (κ3) is 5.70. The summed E-state index contributed by atoms with van der Waals surface area (Å²) in [5.74, 6) is 2.54. The maximum Gasteiger partial charge on any atom is 0.491 e. The monoisotopic (exact) mass is 502 g/mol. The van der Waals surface area contributed by atoms with Gasteiger partial charge in [-0.25, -0.2) is 0 Å². The number of ether oxygens (including phenoxy) is 2. The molecule has 0 atom stereocenters. The predicted octanol–water partition coefficient (Wildman–Crippen LogP) is 3.14.